The number of rotatable bonds is 13. The van der Waals surface area contributed by atoms with Crippen molar-refractivity contribution >= 4 is 16.9 Å². The van der Waals surface area contributed by atoms with Crippen molar-refractivity contribution < 1.29 is 47.5 Å². The zero-order chi connectivity index (χ0) is 38.7. The van der Waals surface area contributed by atoms with Crippen LogP contribution in [0.15, 0.2) is 68.6 Å². The second-order valence-corrected chi connectivity index (χ2v) is 12.6. The number of carbonyl (C=O) groups excluding carboxylic acids is 1. The molecule has 0 saturated heterocycles. The summed E-state index contributed by atoms with van der Waals surface area (Å²) in [6, 6.07) is 15.1. The molecule has 5 aromatic rings. The number of methoxy groups -OCH3 is 7. The zero-order valence-corrected chi connectivity index (χ0v) is 31.1. The van der Waals surface area contributed by atoms with E-state index in [0.29, 0.717) is 58.4 Å². The maximum atomic E-state index is 13.6. The molecule has 0 bridgehead atoms. The lowest BCUT2D eigenvalue weighted by Gasteiger charge is -2.38. The molecule has 1 aliphatic rings. The van der Waals surface area contributed by atoms with Crippen LogP contribution in [0.1, 0.15) is 52.2 Å². The smallest absolute Gasteiger partial charge is 0.306 e. The number of ether oxygens (including phenoxy) is 7. The topological polar surface area (TPSA) is 168 Å². The van der Waals surface area contributed by atoms with Gasteiger partial charge in [0.15, 0.2) is 28.8 Å². The Labute approximate surface area is 310 Å². The largest absolute Gasteiger partial charge is 0.502 e. The van der Waals surface area contributed by atoms with E-state index in [4.69, 9.17) is 37.6 Å². The molecule has 3 heterocycles. The monoisotopic (exact) mass is 742 g/mol. The Hall–Kier alpha value is -6.15. The summed E-state index contributed by atoms with van der Waals surface area (Å²) in [5.41, 5.74) is 2.00. The average molecular weight is 743 g/mol. The van der Waals surface area contributed by atoms with Crippen molar-refractivity contribution in [2.24, 2.45) is 0 Å². The number of hydrogen-bond acceptors (Lipinski definition) is 13. The van der Waals surface area contributed by atoms with Crippen LogP contribution in [0.4, 0.5) is 0 Å². The number of carbonyl (C=O) groups is 1. The van der Waals surface area contributed by atoms with Gasteiger partial charge in [0.1, 0.15) is 11.5 Å². The van der Waals surface area contributed by atoms with Crippen LogP contribution in [0.3, 0.4) is 0 Å². The molecule has 0 fully saturated rings. The Morgan fingerprint density at radius 2 is 1.54 bits per heavy atom. The molecule has 0 saturated carbocycles. The van der Waals surface area contributed by atoms with Gasteiger partial charge >= 0.3 is 5.97 Å². The van der Waals surface area contributed by atoms with Crippen molar-refractivity contribution in [2.45, 2.75) is 31.3 Å². The quantitative estimate of drug-likeness (QED) is 0.153. The van der Waals surface area contributed by atoms with Crippen molar-refractivity contribution in [2.75, 3.05) is 56.3 Å². The van der Waals surface area contributed by atoms with E-state index in [2.05, 4.69) is 9.88 Å². The highest BCUT2D eigenvalue weighted by Gasteiger charge is 2.34. The molecule has 54 heavy (non-hydrogen) atoms. The van der Waals surface area contributed by atoms with Crippen LogP contribution in [0, 0.1) is 0 Å². The molecule has 0 amide bonds. The lowest BCUT2D eigenvalue weighted by Crippen LogP contribution is -2.36. The van der Waals surface area contributed by atoms with Crippen LogP contribution in [-0.2, 0) is 22.5 Å². The lowest BCUT2D eigenvalue weighted by atomic mass is 9.87. The van der Waals surface area contributed by atoms with Crippen LogP contribution < -0.4 is 39.4 Å². The first-order chi connectivity index (χ1) is 26.1. The molecular formula is C40H42N2O12. The molecule has 0 aliphatic carbocycles. The van der Waals surface area contributed by atoms with Gasteiger partial charge in [0.2, 0.25) is 16.9 Å². The second kappa shape index (κ2) is 15.8. The van der Waals surface area contributed by atoms with E-state index >= 15 is 0 Å². The average Bonchev–Trinajstić information content (AvgIpc) is 3.19. The minimum atomic E-state index is -1.18. The predicted octanol–water partition coefficient (Wildman–Crippen LogP) is 5.08. The molecule has 14 heteroatoms. The van der Waals surface area contributed by atoms with Crippen LogP contribution in [0.25, 0.3) is 10.9 Å². The van der Waals surface area contributed by atoms with Crippen molar-refractivity contribution in [3.8, 4) is 40.2 Å². The Balaban J connectivity index is 1.49. The first-order valence-electron chi connectivity index (χ1n) is 17.0. The highest BCUT2D eigenvalue weighted by Crippen LogP contribution is 2.46. The summed E-state index contributed by atoms with van der Waals surface area (Å²) in [5, 5.41) is 11.8. The second-order valence-electron chi connectivity index (χ2n) is 12.6. The number of fused-ring (bicyclic) bond motifs is 2. The van der Waals surface area contributed by atoms with E-state index in [0.717, 1.165) is 16.7 Å². The minimum Gasteiger partial charge on any atom is -0.502 e. The van der Waals surface area contributed by atoms with Crippen LogP contribution in [0.2, 0.25) is 0 Å². The molecule has 0 spiro atoms. The van der Waals surface area contributed by atoms with Gasteiger partial charge in [-0.15, -0.1) is 0 Å². The van der Waals surface area contributed by atoms with Gasteiger partial charge in [-0.2, -0.15) is 0 Å². The van der Waals surface area contributed by atoms with Gasteiger partial charge in [-0.25, -0.2) is 0 Å². The molecule has 14 nitrogen and oxygen atoms in total. The minimum absolute atomic E-state index is 0.0798. The number of nitrogens with one attached hydrogen (secondary N) is 1. The third-order valence-electron chi connectivity index (χ3n) is 9.71. The van der Waals surface area contributed by atoms with Crippen LogP contribution in [-0.4, -0.2) is 77.3 Å². The summed E-state index contributed by atoms with van der Waals surface area (Å²) in [5.74, 6) is 0.338. The van der Waals surface area contributed by atoms with Crippen molar-refractivity contribution in [3.05, 3.63) is 109 Å². The third kappa shape index (κ3) is 7.12. The first kappa shape index (κ1) is 37.6. The molecule has 6 rings (SSSR count). The SMILES string of the molecule is COC(=O)C[C@H](c1oc(CN2CCc3cc(OC)c(OC)cc3[C@@H]2c2cc(OC)c(OC)c(OC)c2)cc(=O)c1O)c1cc2ccc(OC)cc2[nH]c1=O. The fourth-order valence-electron chi connectivity index (χ4n) is 7.06. The molecule has 1 aliphatic heterocycles. The number of esters is 1. The number of H-pyrrole nitrogens is 1. The van der Waals surface area contributed by atoms with Crippen LogP contribution in [0.5, 0.6) is 40.2 Å². The predicted molar refractivity (Wildman–Crippen MR) is 198 cm³/mol. The van der Waals surface area contributed by atoms with Gasteiger partial charge < -0.3 is 47.7 Å². The van der Waals surface area contributed by atoms with Crippen molar-refractivity contribution in [1.29, 1.82) is 0 Å². The van der Waals surface area contributed by atoms with E-state index in [1.54, 1.807) is 38.5 Å². The van der Waals surface area contributed by atoms with Crippen molar-refractivity contribution in [3.63, 3.8) is 0 Å². The van der Waals surface area contributed by atoms with Gasteiger partial charge in [0, 0.05) is 24.2 Å². The van der Waals surface area contributed by atoms with Crippen molar-refractivity contribution in [1.82, 2.24) is 9.88 Å². The molecule has 2 N–H and O–H groups in total. The fourth-order valence-corrected chi connectivity index (χ4v) is 7.06. The van der Waals surface area contributed by atoms with E-state index in [1.165, 1.54) is 41.6 Å². The number of nitrogens with zero attached hydrogens (tertiary/aromatic N) is 1. The number of aromatic hydroxyl groups is 1. The van der Waals surface area contributed by atoms with E-state index in [1.807, 2.05) is 24.3 Å². The van der Waals surface area contributed by atoms with E-state index < -0.39 is 41.1 Å². The molecule has 0 radical (unpaired) electrons. The maximum Gasteiger partial charge on any atom is 0.306 e. The Bertz CT molecular complexity index is 2290. The Morgan fingerprint density at radius 3 is 2.17 bits per heavy atom. The highest BCUT2D eigenvalue weighted by molar-refractivity contribution is 5.81. The number of aromatic nitrogens is 1. The van der Waals surface area contributed by atoms with Gasteiger partial charge in [-0.1, -0.05) is 0 Å². The fraction of sp³-hybridized carbons (Fsp3) is 0.325. The molecule has 2 atom stereocenters. The summed E-state index contributed by atoms with van der Waals surface area (Å²) in [6.07, 6.45) is 0.210. The first-order valence-corrected chi connectivity index (χ1v) is 17.0. The molecule has 284 valence electrons. The molecule has 0 unspecified atom stereocenters. The number of pyridine rings is 1. The van der Waals surface area contributed by atoms with Gasteiger partial charge in [-0.05, 0) is 71.0 Å². The van der Waals surface area contributed by atoms with E-state index in [9.17, 15) is 19.5 Å². The Morgan fingerprint density at radius 1 is 0.852 bits per heavy atom. The summed E-state index contributed by atoms with van der Waals surface area (Å²) in [4.78, 5) is 44.8. The standard InChI is InChI=1S/C40H42N2O12/c1-47-24-9-8-22-12-28(40(46)41-29(22)16-24)27(19-35(44)52-6)38-37(45)30(43)17-25(54-38)20-42-11-10-21-13-31(48-2)32(49-3)18-26(21)36(42)23-14-33(50-4)39(53-7)34(15-23)51-5/h8-9,12-18,27,36,45H,10-11,19-20H2,1-7H3,(H,41,46)/t27-,36-/m0/s1. The zero-order valence-electron chi connectivity index (χ0n) is 31.1. The van der Waals surface area contributed by atoms with Gasteiger partial charge in [0.25, 0.3) is 5.56 Å². The lowest BCUT2D eigenvalue weighted by molar-refractivity contribution is -0.140. The summed E-state index contributed by atoms with van der Waals surface area (Å²) in [6.45, 7) is 0.583. The number of aromatic amines is 1. The highest BCUT2D eigenvalue weighted by atomic mass is 16.5. The Kier molecular flexibility index (Phi) is 11.0. The number of hydrogen-bond donors (Lipinski definition) is 2. The summed E-state index contributed by atoms with van der Waals surface area (Å²) >= 11 is 0. The van der Waals surface area contributed by atoms with E-state index in [-0.39, 0.29) is 23.6 Å². The third-order valence-corrected chi connectivity index (χ3v) is 9.71. The number of benzene rings is 3. The summed E-state index contributed by atoms with van der Waals surface area (Å²) in [7, 11) is 10.5. The molecule has 3 aromatic carbocycles. The summed E-state index contributed by atoms with van der Waals surface area (Å²) < 4.78 is 44.9. The van der Waals surface area contributed by atoms with Gasteiger partial charge in [-0.3, -0.25) is 19.3 Å². The maximum absolute atomic E-state index is 13.6. The van der Waals surface area contributed by atoms with Crippen LogP contribution >= 0.6 is 0 Å². The molecular weight excluding hydrogens is 700 g/mol. The van der Waals surface area contributed by atoms with Gasteiger partial charge in [0.05, 0.1) is 80.2 Å². The molecule has 2 aromatic heterocycles. The normalized spacial score (nSPS) is 14.5.